The predicted molar refractivity (Wildman–Crippen MR) is 143 cm³/mol. The van der Waals surface area contributed by atoms with E-state index in [9.17, 15) is 13.2 Å². The third-order valence-electron chi connectivity index (χ3n) is 5.52. The molecule has 0 bridgehead atoms. The third kappa shape index (κ3) is 5.92. The maximum absolute atomic E-state index is 13.3. The van der Waals surface area contributed by atoms with Gasteiger partial charge in [-0.1, -0.05) is 18.7 Å². The number of pyridine rings is 1. The normalized spacial score (nSPS) is 16.0. The summed E-state index contributed by atoms with van der Waals surface area (Å²) in [4.78, 5) is 29.1. The first-order valence-electron chi connectivity index (χ1n) is 11.1. The number of anilines is 2. The summed E-state index contributed by atoms with van der Waals surface area (Å²) in [7, 11) is -2.10. The van der Waals surface area contributed by atoms with Crippen LogP contribution in [0.4, 0.5) is 16.4 Å². The first kappa shape index (κ1) is 26.5. The molecule has 2 aromatic rings. The molecule has 1 fully saturated rings. The largest absolute Gasteiger partial charge is 0.384 e. The van der Waals surface area contributed by atoms with E-state index in [4.69, 9.17) is 5.73 Å². The van der Waals surface area contributed by atoms with Crippen LogP contribution in [0.15, 0.2) is 76.9 Å². The number of amides is 2. The zero-order chi connectivity index (χ0) is 26.3. The van der Waals surface area contributed by atoms with Crippen molar-refractivity contribution in [3.63, 3.8) is 0 Å². The van der Waals surface area contributed by atoms with Crippen LogP contribution in [0.1, 0.15) is 38.2 Å². The molecule has 11 heteroatoms. The summed E-state index contributed by atoms with van der Waals surface area (Å²) < 4.78 is 25.5. The molecule has 2 heterocycles. The van der Waals surface area contributed by atoms with E-state index in [1.807, 2.05) is 0 Å². The monoisotopic (exact) mass is 507 g/mol. The number of aromatic nitrogens is 3. The lowest BCUT2D eigenvalue weighted by molar-refractivity contribution is 0.254. The minimum atomic E-state index is -3.68. The average Bonchev–Trinajstić information content (AvgIpc) is 3.66. The van der Waals surface area contributed by atoms with Crippen LogP contribution in [0.3, 0.4) is 0 Å². The number of carbonyl (C=O) groups is 1. The van der Waals surface area contributed by atoms with E-state index in [0.29, 0.717) is 35.6 Å². The maximum Gasteiger partial charge on any atom is 0.324 e. The van der Waals surface area contributed by atoms with Crippen LogP contribution >= 0.6 is 0 Å². The molecule has 0 spiro atoms. The third-order valence-corrected chi connectivity index (χ3v) is 8.15. The molecule has 2 aromatic heterocycles. The van der Waals surface area contributed by atoms with Gasteiger partial charge in [-0.15, -0.1) is 0 Å². The summed E-state index contributed by atoms with van der Waals surface area (Å²) >= 11 is 0. The molecule has 2 amide bonds. The summed E-state index contributed by atoms with van der Waals surface area (Å²) in [5.74, 6) is 0.802. The molecule has 0 atom stereocenters. The van der Waals surface area contributed by atoms with E-state index in [1.54, 1.807) is 57.4 Å². The topological polar surface area (TPSA) is 152 Å². The lowest BCUT2D eigenvalue weighted by atomic mass is 10.2. The van der Waals surface area contributed by atoms with Gasteiger partial charge in [0.25, 0.3) is 0 Å². The number of allylic oxidation sites excluding steroid dienone is 7. The highest BCUT2D eigenvalue weighted by atomic mass is 32.2. The lowest BCUT2D eigenvalue weighted by Crippen LogP contribution is -2.27. The van der Waals surface area contributed by atoms with Crippen molar-refractivity contribution < 1.29 is 13.2 Å². The number of hydrogen-bond acceptors (Lipinski definition) is 8. The number of carbonyl (C=O) groups excluding carboxylic acids is 1. The molecule has 1 aliphatic carbocycles. The van der Waals surface area contributed by atoms with Crippen LogP contribution in [0.5, 0.6) is 0 Å². The Balaban J connectivity index is 1.86. The zero-order valence-corrected chi connectivity index (χ0v) is 21.2. The smallest absolute Gasteiger partial charge is 0.324 e. The van der Waals surface area contributed by atoms with E-state index in [0.717, 1.165) is 0 Å². The van der Waals surface area contributed by atoms with Crippen molar-refractivity contribution in [1.82, 2.24) is 20.3 Å². The van der Waals surface area contributed by atoms with E-state index < -0.39 is 20.6 Å². The molecule has 0 radical (unpaired) electrons. The number of nitrogen functional groups attached to an aromatic ring is 1. The van der Waals surface area contributed by atoms with Crippen molar-refractivity contribution in [2.75, 3.05) is 18.1 Å². The number of hydrogen-bond donors (Lipinski definition) is 3. The van der Waals surface area contributed by atoms with Gasteiger partial charge in [0.15, 0.2) is 15.7 Å². The number of aliphatic imine (C=N–C) groups is 1. The van der Waals surface area contributed by atoms with Gasteiger partial charge in [0.2, 0.25) is 0 Å². The molecule has 0 saturated heterocycles. The number of nitrogens with zero attached hydrogens (tertiary/aromatic N) is 4. The van der Waals surface area contributed by atoms with E-state index >= 15 is 0 Å². The summed E-state index contributed by atoms with van der Waals surface area (Å²) in [5.41, 5.74) is 7.42. The van der Waals surface area contributed by atoms with Crippen molar-refractivity contribution in [1.29, 1.82) is 0 Å². The Hall–Kier alpha value is -4.12. The fraction of sp³-hybridized carbons (Fsp3) is 0.240. The van der Waals surface area contributed by atoms with Crippen LogP contribution in [0.2, 0.25) is 0 Å². The van der Waals surface area contributed by atoms with Gasteiger partial charge in [0.1, 0.15) is 16.4 Å². The fourth-order valence-corrected chi connectivity index (χ4v) is 5.31. The number of nitrogens with one attached hydrogen (secondary N) is 2. The van der Waals surface area contributed by atoms with Crippen LogP contribution in [-0.4, -0.2) is 42.7 Å². The van der Waals surface area contributed by atoms with Crippen molar-refractivity contribution >= 4 is 39.3 Å². The van der Waals surface area contributed by atoms with Crippen LogP contribution < -0.4 is 16.4 Å². The van der Waals surface area contributed by atoms with Gasteiger partial charge in [0.05, 0.1) is 5.69 Å². The van der Waals surface area contributed by atoms with Gasteiger partial charge < -0.3 is 11.1 Å². The van der Waals surface area contributed by atoms with E-state index in [1.165, 1.54) is 24.4 Å². The van der Waals surface area contributed by atoms with E-state index in [-0.39, 0.29) is 16.5 Å². The summed E-state index contributed by atoms with van der Waals surface area (Å²) in [6.45, 7) is 7.07. The predicted octanol–water partition coefficient (Wildman–Crippen LogP) is 3.76. The Kier molecular flexibility index (Phi) is 8.15. The van der Waals surface area contributed by atoms with Crippen LogP contribution in [0.25, 0.3) is 5.57 Å². The standard InChI is InChI=1S/C25H29N7O3S/c1-5-19(10-9-17(2)29-24(33)32-22-8-6-7-14-28-22)23-30-20(16-21(26)31-23)25(12-13-25)36(34,35)18(3)11-15-27-4/h5-11,14-16H,1,12-13H2,2-4H3,(H2,26,30,31)(H2,28,29,32,33)/b17-9+,18-11+,19-10+,27-15-. The Labute approximate surface area is 210 Å². The zero-order valence-electron chi connectivity index (χ0n) is 20.4. The molecule has 1 saturated carbocycles. The summed E-state index contributed by atoms with van der Waals surface area (Å²) in [6.07, 6.45) is 10.2. The van der Waals surface area contributed by atoms with Gasteiger partial charge in [-0.3, -0.25) is 10.3 Å². The molecule has 3 rings (SSSR count). The summed E-state index contributed by atoms with van der Waals surface area (Å²) in [6, 6.07) is 6.24. The first-order valence-corrected chi connectivity index (χ1v) is 12.6. The molecule has 0 aliphatic heterocycles. The van der Waals surface area contributed by atoms with Crippen molar-refractivity contribution in [2.45, 2.75) is 31.4 Å². The molecular formula is C25H29N7O3S. The highest BCUT2D eigenvalue weighted by Gasteiger charge is 2.57. The van der Waals surface area contributed by atoms with Crippen molar-refractivity contribution in [2.24, 2.45) is 4.99 Å². The van der Waals surface area contributed by atoms with Crippen molar-refractivity contribution in [3.8, 4) is 0 Å². The Morgan fingerprint density at radius 3 is 2.56 bits per heavy atom. The molecule has 10 nitrogen and oxygen atoms in total. The number of sulfone groups is 1. The molecule has 188 valence electrons. The van der Waals surface area contributed by atoms with E-state index in [2.05, 4.69) is 37.2 Å². The van der Waals surface area contributed by atoms with Gasteiger partial charge in [0, 0.05) is 41.7 Å². The average molecular weight is 508 g/mol. The minimum Gasteiger partial charge on any atom is -0.384 e. The first-order chi connectivity index (χ1) is 17.1. The maximum atomic E-state index is 13.3. The second-order valence-electron chi connectivity index (χ2n) is 8.15. The van der Waals surface area contributed by atoms with Crippen molar-refractivity contribution in [3.05, 3.63) is 83.5 Å². The number of urea groups is 1. The Morgan fingerprint density at radius 2 is 1.94 bits per heavy atom. The molecule has 0 unspecified atom stereocenters. The Bertz CT molecular complexity index is 1370. The molecule has 4 N–H and O–H groups in total. The van der Waals surface area contributed by atoms with Gasteiger partial charge in [-0.25, -0.2) is 28.2 Å². The lowest BCUT2D eigenvalue weighted by Gasteiger charge is -2.17. The highest BCUT2D eigenvalue weighted by Crippen LogP contribution is 2.54. The SMILES string of the molecule is C=C/C(=C\C=C(/C)NC(=O)Nc1ccccn1)c1nc(N)cc(C2(S(=O)(=O)/C(C)=C/C=N\C)CC2)n1. The van der Waals surface area contributed by atoms with Crippen LogP contribution in [-0.2, 0) is 14.6 Å². The molecule has 36 heavy (non-hydrogen) atoms. The Morgan fingerprint density at radius 1 is 1.19 bits per heavy atom. The van der Waals surface area contributed by atoms with Gasteiger partial charge >= 0.3 is 6.03 Å². The van der Waals surface area contributed by atoms with Crippen LogP contribution in [0, 0.1) is 0 Å². The number of rotatable bonds is 9. The highest BCUT2D eigenvalue weighted by molar-refractivity contribution is 7.96. The second-order valence-corrected chi connectivity index (χ2v) is 10.6. The quantitative estimate of drug-likeness (QED) is 0.345. The van der Waals surface area contributed by atoms with Gasteiger partial charge in [-0.2, -0.15) is 0 Å². The molecular weight excluding hydrogens is 478 g/mol. The fourth-order valence-electron chi connectivity index (χ4n) is 3.44. The molecule has 1 aliphatic rings. The minimum absolute atomic E-state index is 0.148. The molecule has 0 aromatic carbocycles. The summed E-state index contributed by atoms with van der Waals surface area (Å²) in [5, 5.41) is 5.32. The second kappa shape index (κ2) is 11.1. The number of nitrogens with two attached hydrogens (primary N) is 1. The van der Waals surface area contributed by atoms with Gasteiger partial charge in [-0.05, 0) is 57.0 Å².